The lowest BCUT2D eigenvalue weighted by Gasteiger charge is -2.04. The third kappa shape index (κ3) is 3.77. The van der Waals surface area contributed by atoms with Crippen LogP contribution in [0.3, 0.4) is 0 Å². The van der Waals surface area contributed by atoms with Crippen molar-refractivity contribution in [3.8, 4) is 11.5 Å². The predicted molar refractivity (Wildman–Crippen MR) is 65.4 cm³/mol. The zero-order valence-electron chi connectivity index (χ0n) is 9.45. The van der Waals surface area contributed by atoms with Gasteiger partial charge in [0.15, 0.2) is 0 Å². The van der Waals surface area contributed by atoms with Crippen molar-refractivity contribution in [1.29, 1.82) is 0 Å². The van der Waals surface area contributed by atoms with Crippen molar-refractivity contribution in [2.24, 2.45) is 5.11 Å². The zero-order chi connectivity index (χ0) is 12.2. The number of rotatable bonds is 1. The van der Waals surface area contributed by atoms with Crippen molar-refractivity contribution >= 4 is 13.8 Å². The molecular formula is C11H12FN3Si. The molecule has 1 rings (SSSR count). The predicted octanol–water partition coefficient (Wildman–Crippen LogP) is 4.00. The molecule has 0 saturated carbocycles. The largest absolute Gasteiger partial charge is 0.207 e. The summed E-state index contributed by atoms with van der Waals surface area (Å²) in [4.78, 5) is 2.65. The van der Waals surface area contributed by atoms with E-state index in [4.69, 9.17) is 5.53 Å². The molecule has 82 valence electrons. The van der Waals surface area contributed by atoms with Gasteiger partial charge in [-0.1, -0.05) is 30.7 Å². The molecule has 0 aliphatic rings. The SMILES string of the molecule is C[Si](C)(C)C#Cc1ccc(F)cc1N=[N+]=[N-]. The van der Waals surface area contributed by atoms with Crippen molar-refractivity contribution in [3.05, 3.63) is 40.0 Å². The Labute approximate surface area is 94.9 Å². The van der Waals surface area contributed by atoms with Crippen LogP contribution >= 0.6 is 0 Å². The summed E-state index contributed by atoms with van der Waals surface area (Å²) >= 11 is 0. The maximum Gasteiger partial charge on any atom is 0.129 e. The Bertz CT molecular complexity index is 502. The maximum absolute atomic E-state index is 12.9. The van der Waals surface area contributed by atoms with Gasteiger partial charge >= 0.3 is 0 Å². The van der Waals surface area contributed by atoms with Crippen LogP contribution in [0.1, 0.15) is 5.56 Å². The van der Waals surface area contributed by atoms with E-state index in [1.807, 2.05) is 0 Å². The van der Waals surface area contributed by atoms with E-state index in [-0.39, 0.29) is 5.69 Å². The van der Waals surface area contributed by atoms with Gasteiger partial charge in [-0.3, -0.25) is 0 Å². The van der Waals surface area contributed by atoms with Gasteiger partial charge in [-0.05, 0) is 23.7 Å². The van der Waals surface area contributed by atoms with E-state index in [1.165, 1.54) is 18.2 Å². The van der Waals surface area contributed by atoms with Crippen LogP contribution in [-0.4, -0.2) is 8.07 Å². The molecule has 0 aromatic heterocycles. The molecule has 0 heterocycles. The monoisotopic (exact) mass is 233 g/mol. The van der Waals surface area contributed by atoms with Gasteiger partial charge in [0.2, 0.25) is 0 Å². The highest BCUT2D eigenvalue weighted by molar-refractivity contribution is 6.83. The van der Waals surface area contributed by atoms with Gasteiger partial charge in [-0.25, -0.2) is 4.39 Å². The van der Waals surface area contributed by atoms with Crippen molar-refractivity contribution < 1.29 is 4.39 Å². The Balaban J connectivity index is 3.22. The van der Waals surface area contributed by atoms with Crippen molar-refractivity contribution in [2.45, 2.75) is 19.6 Å². The molecule has 1 aromatic carbocycles. The minimum Gasteiger partial charge on any atom is -0.207 e. The summed E-state index contributed by atoms with van der Waals surface area (Å²) in [6, 6.07) is 4.03. The van der Waals surface area contributed by atoms with Gasteiger partial charge in [0.1, 0.15) is 13.9 Å². The number of halogens is 1. The van der Waals surface area contributed by atoms with Gasteiger partial charge in [-0.2, -0.15) is 0 Å². The summed E-state index contributed by atoms with van der Waals surface area (Å²) in [7, 11) is -1.49. The molecule has 0 N–H and O–H groups in total. The van der Waals surface area contributed by atoms with Crippen LogP contribution in [0, 0.1) is 17.3 Å². The van der Waals surface area contributed by atoms with Gasteiger partial charge in [0, 0.05) is 10.5 Å². The average molecular weight is 233 g/mol. The number of hydrogen-bond donors (Lipinski definition) is 0. The van der Waals surface area contributed by atoms with Crippen LogP contribution in [0.15, 0.2) is 23.3 Å². The molecule has 0 aliphatic heterocycles. The summed E-state index contributed by atoms with van der Waals surface area (Å²) in [6.45, 7) is 6.32. The molecule has 0 unspecified atom stereocenters. The quantitative estimate of drug-likeness (QED) is 0.231. The fraction of sp³-hybridized carbons (Fsp3) is 0.273. The van der Waals surface area contributed by atoms with E-state index in [1.54, 1.807) is 0 Å². The lowest BCUT2D eigenvalue weighted by atomic mass is 10.2. The summed E-state index contributed by atoms with van der Waals surface area (Å²) in [5.74, 6) is 2.52. The molecule has 0 spiro atoms. The molecular weight excluding hydrogens is 221 g/mol. The topological polar surface area (TPSA) is 48.8 Å². The van der Waals surface area contributed by atoms with Gasteiger partial charge < -0.3 is 0 Å². The van der Waals surface area contributed by atoms with Crippen LogP contribution in [0.25, 0.3) is 10.4 Å². The number of nitrogens with zero attached hydrogens (tertiary/aromatic N) is 3. The summed E-state index contributed by atoms with van der Waals surface area (Å²) in [5.41, 5.74) is 12.3. The van der Waals surface area contributed by atoms with Gasteiger partial charge in [0.05, 0.1) is 5.69 Å². The standard InChI is InChI=1S/C11H12FN3Si/c1-16(2,3)7-6-9-4-5-10(12)8-11(9)14-15-13/h4-5,8H,1-3H3. The molecule has 0 aliphatic carbocycles. The van der Waals surface area contributed by atoms with Gasteiger partial charge in [-0.15, -0.1) is 5.54 Å². The Morgan fingerprint density at radius 3 is 2.62 bits per heavy atom. The lowest BCUT2D eigenvalue weighted by molar-refractivity contribution is 0.628. The Morgan fingerprint density at radius 1 is 1.38 bits per heavy atom. The summed E-state index contributed by atoms with van der Waals surface area (Å²) in [6.07, 6.45) is 0. The second-order valence-corrected chi connectivity index (χ2v) is 9.10. The highest BCUT2D eigenvalue weighted by Gasteiger charge is 2.08. The molecule has 0 amide bonds. The molecule has 3 nitrogen and oxygen atoms in total. The van der Waals surface area contributed by atoms with E-state index in [0.717, 1.165) is 0 Å². The van der Waals surface area contributed by atoms with Crippen molar-refractivity contribution in [1.82, 2.24) is 0 Å². The van der Waals surface area contributed by atoms with E-state index in [2.05, 4.69) is 41.1 Å². The van der Waals surface area contributed by atoms with Crippen molar-refractivity contribution in [3.63, 3.8) is 0 Å². The minimum atomic E-state index is -1.49. The van der Waals surface area contributed by atoms with Crippen LogP contribution in [-0.2, 0) is 0 Å². The lowest BCUT2D eigenvalue weighted by Crippen LogP contribution is -2.16. The van der Waals surface area contributed by atoms with E-state index in [0.29, 0.717) is 5.56 Å². The number of azide groups is 1. The van der Waals surface area contributed by atoms with E-state index >= 15 is 0 Å². The zero-order valence-corrected chi connectivity index (χ0v) is 10.5. The van der Waals surface area contributed by atoms with Crippen molar-refractivity contribution in [2.75, 3.05) is 0 Å². The van der Waals surface area contributed by atoms with E-state index < -0.39 is 13.9 Å². The van der Waals surface area contributed by atoms with Crippen LogP contribution in [0.2, 0.25) is 19.6 Å². The van der Waals surface area contributed by atoms with Crippen LogP contribution in [0.4, 0.5) is 10.1 Å². The molecule has 0 saturated heterocycles. The molecule has 5 heteroatoms. The number of benzene rings is 1. The molecule has 16 heavy (non-hydrogen) atoms. The second kappa shape index (κ2) is 4.84. The molecule has 0 atom stereocenters. The summed E-state index contributed by atoms with van der Waals surface area (Å²) < 4.78 is 12.9. The molecule has 0 bridgehead atoms. The highest BCUT2D eigenvalue weighted by Crippen LogP contribution is 2.20. The minimum absolute atomic E-state index is 0.244. The first-order valence-electron chi connectivity index (χ1n) is 4.80. The highest BCUT2D eigenvalue weighted by atomic mass is 28.3. The molecule has 0 fully saturated rings. The fourth-order valence-corrected chi connectivity index (χ4v) is 1.51. The van der Waals surface area contributed by atoms with Crippen LogP contribution in [0.5, 0.6) is 0 Å². The fourth-order valence-electron chi connectivity index (χ4n) is 0.996. The van der Waals surface area contributed by atoms with Gasteiger partial charge in [0.25, 0.3) is 0 Å². The Morgan fingerprint density at radius 2 is 2.06 bits per heavy atom. The Hall–Kier alpha value is -1.76. The normalized spacial score (nSPS) is 10.0. The molecule has 1 aromatic rings. The third-order valence-corrected chi connectivity index (χ3v) is 2.56. The average Bonchev–Trinajstić information content (AvgIpc) is 2.15. The second-order valence-electron chi connectivity index (χ2n) is 4.35. The first-order valence-corrected chi connectivity index (χ1v) is 8.30. The number of hydrogen-bond acceptors (Lipinski definition) is 1. The van der Waals surface area contributed by atoms with Crippen LogP contribution < -0.4 is 0 Å². The van der Waals surface area contributed by atoms with E-state index in [9.17, 15) is 4.39 Å². The summed E-state index contributed by atoms with van der Waals surface area (Å²) in [5, 5.41) is 3.42. The molecule has 0 radical (unpaired) electrons. The first-order chi connectivity index (χ1) is 7.42. The maximum atomic E-state index is 12.9. The smallest absolute Gasteiger partial charge is 0.129 e. The first kappa shape index (κ1) is 12.3. The third-order valence-electron chi connectivity index (χ3n) is 1.68. The Kier molecular flexibility index (Phi) is 3.72.